The highest BCUT2D eigenvalue weighted by Crippen LogP contribution is 2.37. The van der Waals surface area contributed by atoms with Gasteiger partial charge in [-0.3, -0.25) is 4.79 Å². The Morgan fingerprint density at radius 2 is 1.54 bits per heavy atom. The molecule has 4 N–H and O–H groups in total. The number of piperazine rings is 1. The van der Waals surface area contributed by atoms with E-state index in [0.717, 1.165) is 47.0 Å². The number of rotatable bonds is 4. The average Bonchev–Trinajstić information content (AvgIpc) is 3.22. The van der Waals surface area contributed by atoms with Gasteiger partial charge in [0.2, 0.25) is 0 Å². The number of aromatic nitrogens is 3. The Morgan fingerprint density at radius 1 is 0.892 bits per heavy atom. The number of hydrogen-bond acceptors (Lipinski definition) is 6. The van der Waals surface area contributed by atoms with Gasteiger partial charge in [-0.25, -0.2) is 9.67 Å². The van der Waals surface area contributed by atoms with Gasteiger partial charge in [-0.05, 0) is 45.5 Å². The summed E-state index contributed by atoms with van der Waals surface area (Å²) in [5, 5.41) is 5.69. The summed E-state index contributed by atoms with van der Waals surface area (Å²) in [5.41, 5.74) is 16.3. The number of likely N-dealkylation sites (N-methyl/N-ethyl adjacent to an activating group) is 2. The molecule has 1 aliphatic heterocycles. The van der Waals surface area contributed by atoms with Crippen molar-refractivity contribution in [1.82, 2.24) is 24.6 Å². The lowest BCUT2D eigenvalue weighted by molar-refractivity contribution is 0.100. The van der Waals surface area contributed by atoms with E-state index in [1.165, 1.54) is 26.2 Å². The van der Waals surface area contributed by atoms with E-state index in [0.29, 0.717) is 11.5 Å². The maximum Gasteiger partial charge on any atom is 0.254 e. The summed E-state index contributed by atoms with van der Waals surface area (Å²) in [5.74, 6) is -0.211. The average molecular weight is 498 g/mol. The number of primary amides is 1. The van der Waals surface area contributed by atoms with Crippen molar-refractivity contribution in [2.75, 3.05) is 46.0 Å². The van der Waals surface area contributed by atoms with Crippen LogP contribution in [0.4, 0.5) is 5.82 Å². The van der Waals surface area contributed by atoms with Crippen LogP contribution in [0.2, 0.25) is 0 Å². The first-order valence-electron chi connectivity index (χ1n) is 12.9. The first kappa shape index (κ1) is 24.9. The lowest BCUT2D eigenvalue weighted by Crippen LogP contribution is -2.42. The van der Waals surface area contributed by atoms with Crippen LogP contribution in [0, 0.1) is 0 Å². The molecule has 0 spiro atoms. The van der Waals surface area contributed by atoms with Crippen LogP contribution in [0.5, 0.6) is 0 Å². The molecule has 2 fully saturated rings. The van der Waals surface area contributed by atoms with Crippen molar-refractivity contribution in [2.45, 2.75) is 25.3 Å². The maximum atomic E-state index is 12.1. The molecule has 1 amide bonds. The number of nitrogens with two attached hydrogens (primary N) is 2. The van der Waals surface area contributed by atoms with Crippen molar-refractivity contribution < 1.29 is 4.79 Å². The van der Waals surface area contributed by atoms with Crippen molar-refractivity contribution in [3.63, 3.8) is 0 Å². The Hall–Kier alpha value is -3.75. The molecule has 8 heteroatoms. The number of pyridine rings is 1. The minimum Gasteiger partial charge on any atom is -0.383 e. The molecule has 1 saturated heterocycles. The van der Waals surface area contributed by atoms with Gasteiger partial charge in [0.15, 0.2) is 0 Å². The number of nitrogen functional groups attached to an aromatic ring is 1. The van der Waals surface area contributed by atoms with E-state index < -0.39 is 5.91 Å². The lowest BCUT2D eigenvalue weighted by Gasteiger charge is -2.28. The summed E-state index contributed by atoms with van der Waals surface area (Å²) in [6.45, 7) is 4.93. The minimum absolute atomic E-state index is 0.241. The van der Waals surface area contributed by atoms with Crippen molar-refractivity contribution in [3.05, 3.63) is 66.2 Å². The summed E-state index contributed by atoms with van der Waals surface area (Å²) in [6.07, 6.45) is 3.18. The zero-order valence-electron chi connectivity index (χ0n) is 21.6. The highest BCUT2D eigenvalue weighted by molar-refractivity contribution is 6.04. The fraction of sp³-hybridized carbons (Fsp3) is 0.345. The number of nitrogens with zero attached hydrogens (tertiary/aromatic N) is 5. The van der Waals surface area contributed by atoms with E-state index >= 15 is 0 Å². The molecule has 2 aliphatic rings. The molecule has 6 rings (SSSR count). The van der Waals surface area contributed by atoms with Crippen LogP contribution < -0.4 is 11.5 Å². The molecule has 0 atom stereocenters. The molecule has 4 aromatic rings. The Kier molecular flexibility index (Phi) is 7.21. The molecule has 37 heavy (non-hydrogen) atoms. The second-order valence-electron chi connectivity index (χ2n) is 10.1. The molecular formula is C29H35N7O. The van der Waals surface area contributed by atoms with E-state index in [1.54, 1.807) is 4.68 Å². The van der Waals surface area contributed by atoms with E-state index in [1.807, 2.05) is 60.7 Å². The SMILES string of the molecule is CN1CCN(C)CC1.NC(=O)c1c(-c2ccc3ccc(-c4ccccc4)nc3c2)nn(C2CCC2)c1N. The number of amides is 1. The lowest BCUT2D eigenvalue weighted by atomic mass is 9.93. The predicted molar refractivity (Wildman–Crippen MR) is 149 cm³/mol. The van der Waals surface area contributed by atoms with Crippen LogP contribution in [0.15, 0.2) is 60.7 Å². The number of hydrogen-bond donors (Lipinski definition) is 2. The first-order valence-corrected chi connectivity index (χ1v) is 12.9. The standard InChI is InChI=1S/C23H21N5O.C6H14N2/c24-22-20(23(25)29)21(27-28(22)17-7-4-8-17)16-10-9-15-11-12-18(26-19(15)13-16)14-5-2-1-3-6-14;1-7-3-5-8(2)6-4-7/h1-3,5-6,9-13,17H,4,7-8,24H2,(H2,25,29);3-6H2,1-2H3. The van der Waals surface area contributed by atoms with Crippen LogP contribution in [0.25, 0.3) is 33.4 Å². The highest BCUT2D eigenvalue weighted by Gasteiger charge is 2.28. The van der Waals surface area contributed by atoms with E-state index in [2.05, 4.69) is 29.0 Å². The summed E-state index contributed by atoms with van der Waals surface area (Å²) in [7, 11) is 4.35. The van der Waals surface area contributed by atoms with Crippen molar-refractivity contribution in [2.24, 2.45) is 5.73 Å². The van der Waals surface area contributed by atoms with Gasteiger partial charge in [-0.1, -0.05) is 48.5 Å². The summed E-state index contributed by atoms with van der Waals surface area (Å²) in [4.78, 5) is 21.7. The van der Waals surface area contributed by atoms with Gasteiger partial charge in [0, 0.05) is 42.7 Å². The number of fused-ring (bicyclic) bond motifs is 1. The van der Waals surface area contributed by atoms with Gasteiger partial charge in [0.25, 0.3) is 5.91 Å². The fourth-order valence-electron chi connectivity index (χ4n) is 4.74. The van der Waals surface area contributed by atoms with Crippen molar-refractivity contribution in [1.29, 1.82) is 0 Å². The van der Waals surface area contributed by atoms with Gasteiger partial charge in [0.1, 0.15) is 17.1 Å². The molecule has 2 aromatic heterocycles. The van der Waals surface area contributed by atoms with E-state index in [-0.39, 0.29) is 11.6 Å². The molecule has 8 nitrogen and oxygen atoms in total. The summed E-state index contributed by atoms with van der Waals surface area (Å²) in [6, 6.07) is 20.2. The predicted octanol–water partition coefficient (Wildman–Crippen LogP) is 4.04. The topological polar surface area (TPSA) is 106 Å². The molecule has 3 heterocycles. The van der Waals surface area contributed by atoms with Crippen LogP contribution in [-0.4, -0.2) is 70.7 Å². The number of anilines is 1. The normalized spacial score (nSPS) is 16.7. The van der Waals surface area contributed by atoms with Crippen LogP contribution >= 0.6 is 0 Å². The van der Waals surface area contributed by atoms with Gasteiger partial charge in [-0.2, -0.15) is 5.10 Å². The van der Waals surface area contributed by atoms with Crippen LogP contribution in [0.3, 0.4) is 0 Å². The monoisotopic (exact) mass is 497 g/mol. The zero-order valence-corrected chi connectivity index (χ0v) is 21.6. The Morgan fingerprint density at radius 3 is 2.14 bits per heavy atom. The molecule has 2 aromatic carbocycles. The number of carbonyl (C=O) groups is 1. The van der Waals surface area contributed by atoms with Gasteiger partial charge < -0.3 is 21.3 Å². The first-order chi connectivity index (χ1) is 17.9. The Balaban J connectivity index is 0.000000301. The van der Waals surface area contributed by atoms with Gasteiger partial charge >= 0.3 is 0 Å². The second kappa shape index (κ2) is 10.7. The maximum absolute atomic E-state index is 12.1. The molecule has 1 aliphatic carbocycles. The van der Waals surface area contributed by atoms with Crippen LogP contribution in [0.1, 0.15) is 35.7 Å². The Labute approximate surface area is 217 Å². The molecule has 0 bridgehead atoms. The molecule has 1 saturated carbocycles. The number of carbonyl (C=O) groups excluding carboxylic acids is 1. The summed E-state index contributed by atoms with van der Waals surface area (Å²) < 4.78 is 1.76. The van der Waals surface area contributed by atoms with Gasteiger partial charge in [-0.15, -0.1) is 0 Å². The van der Waals surface area contributed by atoms with Gasteiger partial charge in [0.05, 0.1) is 17.3 Å². The van der Waals surface area contributed by atoms with E-state index in [9.17, 15) is 4.79 Å². The second-order valence-corrected chi connectivity index (χ2v) is 10.1. The fourth-order valence-corrected chi connectivity index (χ4v) is 4.74. The molecule has 192 valence electrons. The molecule has 0 radical (unpaired) electrons. The summed E-state index contributed by atoms with van der Waals surface area (Å²) >= 11 is 0. The zero-order chi connectivity index (χ0) is 25.9. The molecule has 0 unspecified atom stereocenters. The quantitative estimate of drug-likeness (QED) is 0.441. The van der Waals surface area contributed by atoms with Crippen molar-refractivity contribution in [3.8, 4) is 22.5 Å². The van der Waals surface area contributed by atoms with Crippen molar-refractivity contribution >= 4 is 22.6 Å². The Bertz CT molecular complexity index is 1380. The smallest absolute Gasteiger partial charge is 0.254 e. The number of benzene rings is 2. The van der Waals surface area contributed by atoms with E-state index in [4.69, 9.17) is 16.5 Å². The highest BCUT2D eigenvalue weighted by atomic mass is 16.1. The minimum atomic E-state index is -0.561. The largest absolute Gasteiger partial charge is 0.383 e. The third-order valence-corrected chi connectivity index (χ3v) is 7.38. The van der Waals surface area contributed by atoms with Crippen LogP contribution in [-0.2, 0) is 0 Å². The third kappa shape index (κ3) is 5.35. The third-order valence-electron chi connectivity index (χ3n) is 7.38. The molecular weight excluding hydrogens is 462 g/mol.